The maximum absolute atomic E-state index is 9.60. The molecular formula is C10H20O5. The maximum Gasteiger partial charge on any atom is 0.330 e. The second-order valence-corrected chi connectivity index (χ2v) is 3.30. The molecule has 0 saturated heterocycles. The molecule has 15 heavy (non-hydrogen) atoms. The molecule has 0 spiro atoms. The van der Waals surface area contributed by atoms with Gasteiger partial charge in [0.15, 0.2) is 0 Å². The van der Waals surface area contributed by atoms with Gasteiger partial charge >= 0.3 is 5.97 Å². The summed E-state index contributed by atoms with van der Waals surface area (Å²) >= 11 is 0. The lowest BCUT2D eigenvalue weighted by molar-refractivity contribution is -0.132. The molecule has 0 aliphatic heterocycles. The molecule has 0 amide bonds. The smallest absolute Gasteiger partial charge is 0.330 e. The van der Waals surface area contributed by atoms with Crippen LogP contribution in [0.2, 0.25) is 0 Å². The third-order valence-corrected chi connectivity index (χ3v) is 1.20. The molecule has 1 unspecified atom stereocenters. The Morgan fingerprint density at radius 2 is 1.87 bits per heavy atom. The highest BCUT2D eigenvalue weighted by Gasteiger charge is 2.01. The lowest BCUT2D eigenvalue weighted by Crippen LogP contribution is -2.21. The number of hydrogen-bond acceptors (Lipinski definition) is 4. The van der Waals surface area contributed by atoms with Crippen LogP contribution in [0.25, 0.3) is 0 Å². The largest absolute Gasteiger partial charge is 0.478 e. The predicted octanol–water partition coefficient (Wildman–Crippen LogP) is 0.412. The van der Waals surface area contributed by atoms with Crippen LogP contribution in [0.15, 0.2) is 12.2 Å². The lowest BCUT2D eigenvalue weighted by Gasteiger charge is -2.10. The summed E-state index contributed by atoms with van der Waals surface area (Å²) in [6, 6.07) is 0. The minimum absolute atomic E-state index is 0.117. The zero-order valence-electron chi connectivity index (χ0n) is 9.43. The van der Waals surface area contributed by atoms with E-state index in [1.807, 2.05) is 13.8 Å². The first-order valence-corrected chi connectivity index (χ1v) is 4.60. The summed E-state index contributed by atoms with van der Waals surface area (Å²) in [4.78, 5) is 9.60. The monoisotopic (exact) mass is 220 g/mol. The number of carboxylic acid groups (broad SMARTS) is 1. The fourth-order valence-corrected chi connectivity index (χ4v) is 0.356. The second kappa shape index (κ2) is 9.64. The number of carboxylic acids is 1. The molecule has 0 bridgehead atoms. The highest BCUT2D eigenvalue weighted by Crippen LogP contribution is 1.89. The number of aliphatic carboxylic acids is 1. The van der Waals surface area contributed by atoms with E-state index in [0.29, 0.717) is 0 Å². The molecule has 0 aromatic rings. The Morgan fingerprint density at radius 1 is 1.47 bits per heavy atom. The number of ether oxygens (including phenoxy) is 1. The normalized spacial score (nSPS) is 11.6. The molecule has 0 aliphatic carbocycles. The van der Waals surface area contributed by atoms with Gasteiger partial charge in [-0.2, -0.15) is 0 Å². The zero-order valence-corrected chi connectivity index (χ0v) is 9.43. The Labute approximate surface area is 90.0 Å². The van der Waals surface area contributed by atoms with Gasteiger partial charge in [-0.25, -0.2) is 4.79 Å². The summed E-state index contributed by atoms with van der Waals surface area (Å²) in [5.74, 6) is -0.935. The van der Waals surface area contributed by atoms with Gasteiger partial charge in [-0.3, -0.25) is 0 Å². The number of aliphatic hydroxyl groups excluding tert-OH is 2. The molecule has 90 valence electrons. The van der Waals surface area contributed by atoms with Crippen molar-refractivity contribution in [1.82, 2.24) is 0 Å². The van der Waals surface area contributed by atoms with Crippen molar-refractivity contribution in [3.05, 3.63) is 12.2 Å². The van der Waals surface area contributed by atoms with E-state index in [9.17, 15) is 4.79 Å². The van der Waals surface area contributed by atoms with Crippen LogP contribution in [-0.4, -0.2) is 46.7 Å². The van der Waals surface area contributed by atoms with Gasteiger partial charge in [0.25, 0.3) is 0 Å². The van der Waals surface area contributed by atoms with E-state index in [-0.39, 0.29) is 24.9 Å². The first-order chi connectivity index (χ1) is 6.81. The Balaban J connectivity index is 0. The summed E-state index contributed by atoms with van der Waals surface area (Å²) in [5, 5.41) is 24.9. The van der Waals surface area contributed by atoms with Crippen LogP contribution < -0.4 is 0 Å². The second-order valence-electron chi connectivity index (χ2n) is 3.30. The Bertz CT molecular complexity index is 176. The van der Waals surface area contributed by atoms with Crippen LogP contribution in [0.4, 0.5) is 0 Å². The Hall–Kier alpha value is -0.910. The van der Waals surface area contributed by atoms with E-state index in [0.717, 1.165) is 0 Å². The molecule has 0 saturated carbocycles. The molecular weight excluding hydrogens is 200 g/mol. The molecule has 0 rings (SSSR count). The minimum atomic E-state index is -0.935. The topological polar surface area (TPSA) is 87.0 Å². The van der Waals surface area contributed by atoms with Crippen LogP contribution >= 0.6 is 0 Å². The van der Waals surface area contributed by atoms with E-state index in [4.69, 9.17) is 20.1 Å². The van der Waals surface area contributed by atoms with Crippen molar-refractivity contribution in [3.8, 4) is 0 Å². The van der Waals surface area contributed by atoms with Crippen molar-refractivity contribution in [1.29, 1.82) is 0 Å². The SMILES string of the molecule is C=C(C)C(=O)O.CC(C)OCC(O)CO. The van der Waals surface area contributed by atoms with Crippen molar-refractivity contribution in [2.24, 2.45) is 0 Å². The standard InChI is InChI=1S/C6H14O3.C4H6O2/c1-5(2)9-4-6(8)3-7;1-3(2)4(5)6/h5-8H,3-4H2,1-2H3;1H2,2H3,(H,5,6). The van der Waals surface area contributed by atoms with E-state index in [2.05, 4.69) is 6.58 Å². The van der Waals surface area contributed by atoms with Gasteiger partial charge in [-0.05, 0) is 20.8 Å². The molecule has 0 fully saturated rings. The van der Waals surface area contributed by atoms with Gasteiger partial charge in [0, 0.05) is 5.57 Å². The molecule has 3 N–H and O–H groups in total. The maximum atomic E-state index is 9.60. The van der Waals surface area contributed by atoms with Crippen molar-refractivity contribution >= 4 is 5.97 Å². The minimum Gasteiger partial charge on any atom is -0.478 e. The molecule has 0 aromatic carbocycles. The summed E-state index contributed by atoms with van der Waals surface area (Å²) in [6.45, 7) is 8.35. The Kier molecular flexibility index (Phi) is 10.6. The Morgan fingerprint density at radius 3 is 2.07 bits per heavy atom. The summed E-state index contributed by atoms with van der Waals surface area (Å²) < 4.78 is 4.98. The van der Waals surface area contributed by atoms with Crippen molar-refractivity contribution in [3.63, 3.8) is 0 Å². The molecule has 1 atom stereocenters. The molecule has 0 radical (unpaired) electrons. The third kappa shape index (κ3) is 15.8. The van der Waals surface area contributed by atoms with Gasteiger partial charge in [0.2, 0.25) is 0 Å². The van der Waals surface area contributed by atoms with E-state index >= 15 is 0 Å². The van der Waals surface area contributed by atoms with Crippen LogP contribution in [-0.2, 0) is 9.53 Å². The van der Waals surface area contributed by atoms with Crippen LogP contribution in [0.3, 0.4) is 0 Å². The van der Waals surface area contributed by atoms with Gasteiger partial charge in [-0.15, -0.1) is 0 Å². The van der Waals surface area contributed by atoms with Crippen LogP contribution in [0, 0.1) is 0 Å². The number of aliphatic hydroxyl groups is 2. The average molecular weight is 220 g/mol. The fourth-order valence-electron chi connectivity index (χ4n) is 0.356. The molecule has 0 aliphatic rings. The summed E-state index contributed by atoms with van der Waals surface area (Å²) in [6.07, 6.45) is -0.612. The van der Waals surface area contributed by atoms with Gasteiger partial charge in [0.05, 0.1) is 19.3 Å². The molecule has 5 nitrogen and oxygen atoms in total. The summed E-state index contributed by atoms with van der Waals surface area (Å²) in [5.41, 5.74) is 0.176. The third-order valence-electron chi connectivity index (χ3n) is 1.20. The highest BCUT2D eigenvalue weighted by atomic mass is 16.5. The first-order valence-electron chi connectivity index (χ1n) is 4.60. The molecule has 5 heteroatoms. The van der Waals surface area contributed by atoms with Crippen molar-refractivity contribution < 1.29 is 24.9 Å². The predicted molar refractivity (Wildman–Crippen MR) is 56.6 cm³/mol. The number of carbonyl (C=O) groups is 1. The number of rotatable bonds is 5. The lowest BCUT2D eigenvalue weighted by atomic mass is 10.4. The van der Waals surface area contributed by atoms with E-state index in [1.165, 1.54) is 6.92 Å². The number of hydrogen-bond donors (Lipinski definition) is 3. The van der Waals surface area contributed by atoms with Crippen molar-refractivity contribution in [2.75, 3.05) is 13.2 Å². The van der Waals surface area contributed by atoms with E-state index in [1.54, 1.807) is 0 Å². The fraction of sp³-hybridized carbons (Fsp3) is 0.700. The van der Waals surface area contributed by atoms with Gasteiger partial charge < -0.3 is 20.1 Å². The summed E-state index contributed by atoms with van der Waals surface area (Å²) in [7, 11) is 0. The van der Waals surface area contributed by atoms with E-state index < -0.39 is 12.1 Å². The van der Waals surface area contributed by atoms with Crippen molar-refractivity contribution in [2.45, 2.75) is 33.0 Å². The molecule has 0 heterocycles. The van der Waals surface area contributed by atoms with Crippen LogP contribution in [0.1, 0.15) is 20.8 Å². The quantitative estimate of drug-likeness (QED) is 0.584. The van der Waals surface area contributed by atoms with Gasteiger partial charge in [0.1, 0.15) is 6.10 Å². The van der Waals surface area contributed by atoms with Crippen LogP contribution in [0.5, 0.6) is 0 Å². The van der Waals surface area contributed by atoms with Gasteiger partial charge in [-0.1, -0.05) is 6.58 Å². The first kappa shape index (κ1) is 16.5. The zero-order chi connectivity index (χ0) is 12.4. The molecule has 0 aromatic heterocycles. The highest BCUT2D eigenvalue weighted by molar-refractivity contribution is 5.84. The average Bonchev–Trinajstić information content (AvgIpc) is 2.14.